The van der Waals surface area contributed by atoms with E-state index in [1.165, 1.54) is 7.11 Å². The molecule has 8 nitrogen and oxygen atoms in total. The summed E-state index contributed by atoms with van der Waals surface area (Å²) in [6, 6.07) is 10.4. The summed E-state index contributed by atoms with van der Waals surface area (Å²) in [6.07, 6.45) is 2.06. The summed E-state index contributed by atoms with van der Waals surface area (Å²) in [5.74, 6) is 0.738. The lowest BCUT2D eigenvalue weighted by Crippen LogP contribution is -2.41. The number of aromatic amines is 1. The molecule has 2 aromatic heterocycles. The Morgan fingerprint density at radius 2 is 2.00 bits per heavy atom. The highest BCUT2D eigenvalue weighted by Crippen LogP contribution is 2.37. The molecule has 3 atom stereocenters. The maximum atomic E-state index is 13.5. The number of carbonyl (C=O) groups is 1. The molecule has 1 fully saturated rings. The quantitative estimate of drug-likeness (QED) is 0.531. The summed E-state index contributed by atoms with van der Waals surface area (Å²) in [7, 11) is 3.26. The van der Waals surface area contributed by atoms with Crippen LogP contribution < -0.4 is 15.6 Å². The molecular formula is C27H36N4O4. The van der Waals surface area contributed by atoms with Crippen LogP contribution in [0.3, 0.4) is 0 Å². The second kappa shape index (κ2) is 10.3. The Morgan fingerprint density at radius 3 is 2.69 bits per heavy atom. The molecule has 2 N–H and O–H groups in total. The molecule has 35 heavy (non-hydrogen) atoms. The van der Waals surface area contributed by atoms with Crippen molar-refractivity contribution >= 4 is 16.8 Å². The van der Waals surface area contributed by atoms with Crippen LogP contribution in [0.15, 0.2) is 35.1 Å². The van der Waals surface area contributed by atoms with E-state index < -0.39 is 0 Å². The summed E-state index contributed by atoms with van der Waals surface area (Å²) >= 11 is 0. The Labute approximate surface area is 206 Å². The summed E-state index contributed by atoms with van der Waals surface area (Å²) in [4.78, 5) is 34.2. The Bertz CT molecular complexity index is 1280. The first-order valence-electron chi connectivity index (χ1n) is 12.2. The first-order valence-corrected chi connectivity index (χ1v) is 12.2. The van der Waals surface area contributed by atoms with E-state index in [1.54, 1.807) is 20.1 Å². The van der Waals surface area contributed by atoms with Crippen molar-refractivity contribution in [3.63, 3.8) is 0 Å². The fourth-order valence-corrected chi connectivity index (χ4v) is 5.60. The number of hydrogen-bond acceptors (Lipinski definition) is 5. The molecule has 8 heteroatoms. The van der Waals surface area contributed by atoms with E-state index in [0.717, 1.165) is 36.0 Å². The minimum atomic E-state index is -0.258. The van der Waals surface area contributed by atoms with Gasteiger partial charge in [-0.1, -0.05) is 18.2 Å². The van der Waals surface area contributed by atoms with Crippen molar-refractivity contribution < 1.29 is 14.4 Å². The lowest BCUT2D eigenvalue weighted by atomic mass is 9.87. The van der Waals surface area contributed by atoms with Gasteiger partial charge in [0.15, 0.2) is 0 Å². The van der Waals surface area contributed by atoms with Gasteiger partial charge in [0.05, 0.1) is 31.9 Å². The maximum absolute atomic E-state index is 13.5. The van der Waals surface area contributed by atoms with E-state index in [9.17, 15) is 9.59 Å². The summed E-state index contributed by atoms with van der Waals surface area (Å²) in [6.45, 7) is 9.23. The molecule has 0 spiro atoms. The molecule has 3 unspecified atom stereocenters. The molecule has 1 aromatic carbocycles. The van der Waals surface area contributed by atoms with E-state index >= 15 is 0 Å². The number of piperidine rings is 1. The van der Waals surface area contributed by atoms with Gasteiger partial charge in [0.1, 0.15) is 5.75 Å². The number of para-hydroxylation sites is 1. The van der Waals surface area contributed by atoms with Crippen molar-refractivity contribution in [2.45, 2.75) is 59.2 Å². The van der Waals surface area contributed by atoms with Crippen molar-refractivity contribution in [1.82, 2.24) is 19.9 Å². The third-order valence-electron chi connectivity index (χ3n) is 7.44. The molecular weight excluding hydrogens is 444 g/mol. The van der Waals surface area contributed by atoms with E-state index in [2.05, 4.69) is 34.8 Å². The zero-order chi connectivity index (χ0) is 25.3. The topological polar surface area (TPSA) is 88.6 Å². The van der Waals surface area contributed by atoms with Crippen molar-refractivity contribution in [3.05, 3.63) is 63.2 Å². The van der Waals surface area contributed by atoms with Crippen molar-refractivity contribution in [2.75, 3.05) is 20.8 Å². The molecule has 4 rings (SSSR count). The zero-order valence-corrected chi connectivity index (χ0v) is 21.5. The van der Waals surface area contributed by atoms with Gasteiger partial charge in [-0.3, -0.25) is 9.59 Å². The number of hydroxylamine groups is 2. The van der Waals surface area contributed by atoms with Crippen LogP contribution in [0.25, 0.3) is 10.9 Å². The van der Waals surface area contributed by atoms with Gasteiger partial charge >= 0.3 is 0 Å². The van der Waals surface area contributed by atoms with Gasteiger partial charge in [0.25, 0.3) is 11.5 Å². The number of benzene rings is 1. The number of carbonyl (C=O) groups excluding carboxylic acids is 1. The number of amides is 1. The molecule has 3 aromatic rings. The predicted molar refractivity (Wildman–Crippen MR) is 137 cm³/mol. The van der Waals surface area contributed by atoms with Crippen LogP contribution in [0.2, 0.25) is 0 Å². The molecule has 1 aliphatic heterocycles. The number of pyridine rings is 1. The SMILES string of the molecule is COc1cc(C)[nH]c(=O)c1CNC(=O)c1c(C)n(C(C)C2CCN(OC)C(C)C2)c2ccccc12. The number of H-pyrrole nitrogens is 1. The summed E-state index contributed by atoms with van der Waals surface area (Å²) < 4.78 is 7.69. The van der Waals surface area contributed by atoms with Crippen LogP contribution in [0, 0.1) is 19.8 Å². The Hall–Kier alpha value is -3.10. The molecule has 188 valence electrons. The molecule has 0 radical (unpaired) electrons. The second-order valence-corrected chi connectivity index (χ2v) is 9.56. The number of hydrogen-bond donors (Lipinski definition) is 2. The number of aromatic nitrogens is 2. The number of aryl methyl sites for hydroxylation is 1. The van der Waals surface area contributed by atoms with Crippen LogP contribution >= 0.6 is 0 Å². The highest BCUT2D eigenvalue weighted by Gasteiger charge is 2.32. The third kappa shape index (κ3) is 4.73. The molecule has 3 heterocycles. The molecule has 0 aliphatic carbocycles. The van der Waals surface area contributed by atoms with E-state index in [-0.39, 0.29) is 24.1 Å². The number of ether oxygens (including phenoxy) is 1. The highest BCUT2D eigenvalue weighted by atomic mass is 16.7. The first kappa shape index (κ1) is 25.0. The van der Waals surface area contributed by atoms with Gasteiger partial charge in [-0.25, -0.2) is 0 Å². The average molecular weight is 481 g/mol. The van der Waals surface area contributed by atoms with Crippen LogP contribution in [0.1, 0.15) is 60.0 Å². The highest BCUT2D eigenvalue weighted by molar-refractivity contribution is 6.08. The standard InChI is InChI=1S/C27H36N4O4/c1-16-13-24(34-5)22(26(32)29-16)15-28-27(33)25-19(4)31(23-10-8-7-9-21(23)25)18(3)20-11-12-30(35-6)17(2)14-20/h7-10,13,17-18,20H,11-12,14-15H2,1-6H3,(H,28,33)(H,29,32). The normalized spacial score (nSPS) is 19.6. The van der Waals surface area contributed by atoms with Gasteiger partial charge in [0, 0.05) is 40.9 Å². The number of rotatable bonds is 7. The molecule has 1 amide bonds. The van der Waals surface area contributed by atoms with Gasteiger partial charge in [-0.15, -0.1) is 0 Å². The Kier molecular flexibility index (Phi) is 7.33. The first-order chi connectivity index (χ1) is 16.8. The zero-order valence-electron chi connectivity index (χ0n) is 21.5. The van der Waals surface area contributed by atoms with E-state index in [4.69, 9.17) is 9.57 Å². The third-order valence-corrected chi connectivity index (χ3v) is 7.44. The lowest BCUT2D eigenvalue weighted by molar-refractivity contribution is -0.178. The molecule has 0 bridgehead atoms. The van der Waals surface area contributed by atoms with Crippen molar-refractivity contribution in [1.29, 1.82) is 0 Å². The largest absolute Gasteiger partial charge is 0.496 e. The number of nitrogens with zero attached hydrogens (tertiary/aromatic N) is 2. The Morgan fingerprint density at radius 1 is 1.26 bits per heavy atom. The predicted octanol–water partition coefficient (Wildman–Crippen LogP) is 4.11. The minimum Gasteiger partial charge on any atom is -0.496 e. The molecule has 1 saturated heterocycles. The van der Waals surface area contributed by atoms with E-state index in [1.807, 2.05) is 30.2 Å². The maximum Gasteiger partial charge on any atom is 0.256 e. The monoisotopic (exact) mass is 480 g/mol. The van der Waals surface area contributed by atoms with Crippen LogP contribution in [-0.4, -0.2) is 47.3 Å². The van der Waals surface area contributed by atoms with Crippen LogP contribution in [0.4, 0.5) is 0 Å². The lowest BCUT2D eigenvalue weighted by Gasteiger charge is -2.39. The Balaban J connectivity index is 1.64. The van der Waals surface area contributed by atoms with Crippen molar-refractivity contribution in [2.24, 2.45) is 5.92 Å². The summed E-state index contributed by atoms with van der Waals surface area (Å²) in [5, 5.41) is 5.92. The number of fused-ring (bicyclic) bond motifs is 1. The van der Waals surface area contributed by atoms with Gasteiger partial charge < -0.3 is 24.4 Å². The van der Waals surface area contributed by atoms with Gasteiger partial charge in [0.2, 0.25) is 0 Å². The van der Waals surface area contributed by atoms with Gasteiger partial charge in [-0.2, -0.15) is 5.06 Å². The number of methoxy groups -OCH3 is 1. The second-order valence-electron chi connectivity index (χ2n) is 9.56. The minimum absolute atomic E-state index is 0.0825. The average Bonchev–Trinajstić information content (AvgIpc) is 3.13. The molecule has 1 aliphatic rings. The van der Waals surface area contributed by atoms with Gasteiger partial charge in [-0.05, 0) is 58.6 Å². The smallest absolute Gasteiger partial charge is 0.256 e. The summed E-state index contributed by atoms with van der Waals surface area (Å²) in [5.41, 5.74) is 3.49. The van der Waals surface area contributed by atoms with E-state index in [0.29, 0.717) is 34.5 Å². The number of nitrogens with one attached hydrogen (secondary N) is 2. The fourth-order valence-electron chi connectivity index (χ4n) is 5.60. The molecule has 0 saturated carbocycles. The fraction of sp³-hybridized carbons (Fsp3) is 0.481. The van der Waals surface area contributed by atoms with Crippen molar-refractivity contribution in [3.8, 4) is 5.75 Å². The van der Waals surface area contributed by atoms with Crippen LogP contribution in [0.5, 0.6) is 5.75 Å². The van der Waals surface area contributed by atoms with Crippen LogP contribution in [-0.2, 0) is 11.4 Å².